The van der Waals surface area contributed by atoms with E-state index in [-0.39, 0.29) is 0 Å². The highest BCUT2D eigenvalue weighted by molar-refractivity contribution is 9.10. The van der Waals surface area contributed by atoms with Crippen molar-refractivity contribution in [1.29, 1.82) is 0 Å². The van der Waals surface area contributed by atoms with Crippen LogP contribution >= 0.6 is 27.5 Å². The first-order valence-corrected chi connectivity index (χ1v) is 8.53. The smallest absolute Gasteiger partial charge is 0.125 e. The number of rotatable bonds is 2. The SMILES string of the molecule is ClCc1nc2ccc(Br)cc2n1C1CN2CCC1CC2. The molecule has 1 atom stereocenters. The standard InChI is InChI=1S/C15H17BrClN3/c16-11-1-2-12-13(7-11)20(15(8-17)18-12)14-9-19-5-3-10(14)4-6-19/h1-2,7,10,14H,3-6,8-9H2. The van der Waals surface area contributed by atoms with Crippen molar-refractivity contribution in [3.63, 3.8) is 0 Å². The molecule has 106 valence electrons. The number of piperidine rings is 3. The van der Waals surface area contributed by atoms with Crippen molar-refractivity contribution in [1.82, 2.24) is 14.5 Å². The second-order valence-electron chi connectivity index (χ2n) is 5.87. The molecule has 5 rings (SSSR count). The van der Waals surface area contributed by atoms with Crippen LogP contribution in [0.15, 0.2) is 22.7 Å². The van der Waals surface area contributed by atoms with E-state index in [0.29, 0.717) is 11.9 Å². The van der Waals surface area contributed by atoms with Crippen LogP contribution in [0.5, 0.6) is 0 Å². The molecule has 2 bridgehead atoms. The molecular weight excluding hydrogens is 338 g/mol. The van der Waals surface area contributed by atoms with E-state index in [2.05, 4.69) is 37.5 Å². The molecule has 3 aliphatic heterocycles. The molecule has 0 radical (unpaired) electrons. The van der Waals surface area contributed by atoms with Gasteiger partial charge in [0.25, 0.3) is 0 Å². The molecule has 3 fully saturated rings. The van der Waals surface area contributed by atoms with Crippen LogP contribution in [0.25, 0.3) is 11.0 Å². The van der Waals surface area contributed by atoms with Gasteiger partial charge in [-0.25, -0.2) is 4.98 Å². The number of benzene rings is 1. The Morgan fingerprint density at radius 3 is 2.75 bits per heavy atom. The first-order chi connectivity index (χ1) is 9.76. The number of nitrogens with zero attached hydrogens (tertiary/aromatic N) is 3. The maximum atomic E-state index is 6.16. The zero-order chi connectivity index (χ0) is 13.7. The third kappa shape index (κ3) is 2.00. The monoisotopic (exact) mass is 353 g/mol. The van der Waals surface area contributed by atoms with Crippen molar-refractivity contribution in [3.05, 3.63) is 28.5 Å². The van der Waals surface area contributed by atoms with Crippen molar-refractivity contribution in [2.24, 2.45) is 5.92 Å². The summed E-state index contributed by atoms with van der Waals surface area (Å²) in [5.74, 6) is 2.27. The van der Waals surface area contributed by atoms with Gasteiger partial charge >= 0.3 is 0 Å². The Kier molecular flexibility index (Phi) is 3.28. The van der Waals surface area contributed by atoms with E-state index in [0.717, 1.165) is 28.3 Å². The number of aromatic nitrogens is 2. The Labute approximate surface area is 132 Å². The summed E-state index contributed by atoms with van der Waals surface area (Å²) in [4.78, 5) is 7.30. The number of imidazole rings is 1. The van der Waals surface area contributed by atoms with Gasteiger partial charge in [0.05, 0.1) is 23.0 Å². The van der Waals surface area contributed by atoms with Crippen LogP contribution in [-0.4, -0.2) is 34.1 Å². The zero-order valence-corrected chi connectivity index (χ0v) is 13.6. The molecule has 1 aromatic heterocycles. The van der Waals surface area contributed by atoms with Crippen LogP contribution in [-0.2, 0) is 5.88 Å². The van der Waals surface area contributed by atoms with Gasteiger partial charge in [-0.1, -0.05) is 15.9 Å². The fraction of sp³-hybridized carbons (Fsp3) is 0.533. The maximum Gasteiger partial charge on any atom is 0.125 e. The van der Waals surface area contributed by atoms with E-state index < -0.39 is 0 Å². The van der Waals surface area contributed by atoms with Crippen molar-refractivity contribution in [2.45, 2.75) is 24.8 Å². The summed E-state index contributed by atoms with van der Waals surface area (Å²) in [6.45, 7) is 3.66. The molecule has 2 aromatic rings. The fourth-order valence-electron chi connectivity index (χ4n) is 3.81. The van der Waals surface area contributed by atoms with E-state index in [4.69, 9.17) is 16.6 Å². The van der Waals surface area contributed by atoms with Crippen molar-refractivity contribution in [3.8, 4) is 0 Å². The quantitative estimate of drug-likeness (QED) is 0.765. The number of alkyl halides is 1. The van der Waals surface area contributed by atoms with Gasteiger partial charge in [-0.05, 0) is 50.0 Å². The average Bonchev–Trinajstić information content (AvgIpc) is 2.86. The lowest BCUT2D eigenvalue weighted by atomic mass is 9.83. The minimum Gasteiger partial charge on any atom is -0.322 e. The molecule has 3 nitrogen and oxygen atoms in total. The van der Waals surface area contributed by atoms with E-state index in [1.54, 1.807) is 0 Å². The number of fused-ring (bicyclic) bond motifs is 4. The van der Waals surface area contributed by atoms with Crippen molar-refractivity contribution in [2.75, 3.05) is 19.6 Å². The van der Waals surface area contributed by atoms with Crippen molar-refractivity contribution >= 4 is 38.6 Å². The minimum atomic E-state index is 0.482. The van der Waals surface area contributed by atoms with Gasteiger partial charge in [0.15, 0.2) is 0 Å². The molecule has 3 saturated heterocycles. The number of hydrogen-bond donors (Lipinski definition) is 0. The lowest BCUT2D eigenvalue weighted by molar-refractivity contribution is 0.0578. The fourth-order valence-corrected chi connectivity index (χ4v) is 4.34. The molecule has 1 aromatic carbocycles. The predicted octanol–water partition coefficient (Wildman–Crippen LogP) is 3.80. The molecule has 3 aliphatic rings. The van der Waals surface area contributed by atoms with E-state index in [9.17, 15) is 0 Å². The Morgan fingerprint density at radius 2 is 2.10 bits per heavy atom. The topological polar surface area (TPSA) is 21.1 Å². The van der Waals surface area contributed by atoms with Gasteiger partial charge in [0.1, 0.15) is 5.82 Å². The minimum absolute atomic E-state index is 0.482. The maximum absolute atomic E-state index is 6.16. The number of halogens is 2. The largest absolute Gasteiger partial charge is 0.322 e. The second-order valence-corrected chi connectivity index (χ2v) is 7.05. The highest BCUT2D eigenvalue weighted by Gasteiger charge is 2.36. The summed E-state index contributed by atoms with van der Waals surface area (Å²) in [6.07, 6.45) is 2.61. The van der Waals surface area contributed by atoms with Gasteiger partial charge in [0.2, 0.25) is 0 Å². The molecule has 5 heteroatoms. The summed E-state index contributed by atoms with van der Waals surface area (Å²) < 4.78 is 3.51. The van der Waals surface area contributed by atoms with Gasteiger partial charge in [-0.3, -0.25) is 0 Å². The molecular formula is C15H17BrClN3. The molecule has 0 spiro atoms. The van der Waals surface area contributed by atoms with Gasteiger partial charge in [-0.2, -0.15) is 0 Å². The summed E-state index contributed by atoms with van der Waals surface area (Å²) in [5.41, 5.74) is 2.27. The first-order valence-electron chi connectivity index (χ1n) is 7.21. The predicted molar refractivity (Wildman–Crippen MR) is 85.2 cm³/mol. The zero-order valence-electron chi connectivity index (χ0n) is 11.2. The Balaban J connectivity index is 1.87. The lowest BCUT2D eigenvalue weighted by Crippen LogP contribution is -2.48. The van der Waals surface area contributed by atoms with E-state index in [1.165, 1.54) is 31.4 Å². The summed E-state index contributed by atoms with van der Waals surface area (Å²) in [7, 11) is 0. The molecule has 4 heterocycles. The molecule has 0 N–H and O–H groups in total. The Morgan fingerprint density at radius 1 is 1.30 bits per heavy atom. The van der Waals surface area contributed by atoms with E-state index >= 15 is 0 Å². The third-order valence-electron chi connectivity index (χ3n) is 4.80. The molecule has 20 heavy (non-hydrogen) atoms. The number of hydrogen-bond acceptors (Lipinski definition) is 2. The highest BCUT2D eigenvalue weighted by Crippen LogP contribution is 2.38. The van der Waals surface area contributed by atoms with Crippen LogP contribution in [0.3, 0.4) is 0 Å². The van der Waals surface area contributed by atoms with Gasteiger partial charge in [0, 0.05) is 11.0 Å². The molecule has 0 aliphatic carbocycles. The van der Waals surface area contributed by atoms with Crippen LogP contribution in [0.2, 0.25) is 0 Å². The summed E-state index contributed by atoms with van der Waals surface area (Å²) in [5, 5.41) is 0. The third-order valence-corrected chi connectivity index (χ3v) is 5.53. The van der Waals surface area contributed by atoms with Gasteiger partial charge in [-0.15, -0.1) is 11.6 Å². The molecule has 1 unspecified atom stereocenters. The summed E-state index contributed by atoms with van der Waals surface area (Å²) in [6, 6.07) is 6.84. The Hall–Kier alpha value is -0.580. The van der Waals surface area contributed by atoms with Crippen LogP contribution in [0.1, 0.15) is 24.7 Å². The average molecular weight is 355 g/mol. The second kappa shape index (κ2) is 5.00. The van der Waals surface area contributed by atoms with Crippen LogP contribution in [0, 0.1) is 5.92 Å². The van der Waals surface area contributed by atoms with Crippen LogP contribution < -0.4 is 0 Å². The highest BCUT2D eigenvalue weighted by atomic mass is 79.9. The molecule has 0 amide bonds. The summed E-state index contributed by atoms with van der Waals surface area (Å²) >= 11 is 9.73. The van der Waals surface area contributed by atoms with E-state index in [1.807, 2.05) is 6.07 Å². The lowest BCUT2D eigenvalue weighted by Gasteiger charge is -2.45. The van der Waals surface area contributed by atoms with Crippen molar-refractivity contribution < 1.29 is 0 Å². The van der Waals surface area contributed by atoms with Crippen LogP contribution in [0.4, 0.5) is 0 Å². The Bertz CT molecular complexity index is 646. The normalized spacial score (nSPS) is 29.2. The molecule has 0 saturated carbocycles. The van der Waals surface area contributed by atoms with Gasteiger partial charge < -0.3 is 9.47 Å². The first kappa shape index (κ1) is 13.1.